The predicted octanol–water partition coefficient (Wildman–Crippen LogP) is 5.28. The lowest BCUT2D eigenvalue weighted by Crippen LogP contribution is -2.43. The van der Waals surface area contributed by atoms with Crippen LogP contribution in [0.2, 0.25) is 0 Å². The van der Waals surface area contributed by atoms with Gasteiger partial charge in [-0.3, -0.25) is 4.79 Å². The molecule has 1 aliphatic heterocycles. The quantitative estimate of drug-likeness (QED) is 0.335. The summed E-state index contributed by atoms with van der Waals surface area (Å²) in [5, 5.41) is 0. The van der Waals surface area contributed by atoms with Gasteiger partial charge in [-0.1, -0.05) is 31.4 Å². The molecule has 2 N–H and O–H groups in total. The lowest BCUT2D eigenvalue weighted by Gasteiger charge is -2.37. The Balaban J connectivity index is 1.48. The molecule has 1 heterocycles. The molecule has 1 amide bonds. The normalized spacial score (nSPS) is 17.5. The minimum atomic E-state index is -0.390. The van der Waals surface area contributed by atoms with Crippen molar-refractivity contribution in [1.82, 2.24) is 0 Å². The number of hydrogen-bond donors (Lipinski definition) is 1. The summed E-state index contributed by atoms with van der Waals surface area (Å²) < 4.78 is 4.71. The van der Waals surface area contributed by atoms with Gasteiger partial charge in [-0.05, 0) is 79.6 Å². The van der Waals surface area contributed by atoms with Gasteiger partial charge in [0.05, 0.1) is 7.11 Å². The first-order valence-corrected chi connectivity index (χ1v) is 12.8. The molecule has 1 saturated heterocycles. The molecule has 0 spiro atoms. The van der Waals surface area contributed by atoms with Gasteiger partial charge in [0.2, 0.25) is 5.91 Å². The van der Waals surface area contributed by atoms with Gasteiger partial charge in [-0.25, -0.2) is 4.79 Å². The highest BCUT2D eigenvalue weighted by Gasteiger charge is 2.30. The second kappa shape index (κ2) is 11.9. The van der Waals surface area contributed by atoms with Gasteiger partial charge in [-0.15, -0.1) is 0 Å². The molecule has 0 unspecified atom stereocenters. The van der Waals surface area contributed by atoms with Gasteiger partial charge < -0.3 is 20.3 Å². The van der Waals surface area contributed by atoms with Crippen molar-refractivity contribution in [3.63, 3.8) is 0 Å². The molecule has 35 heavy (non-hydrogen) atoms. The SMILES string of the molecule is COC(=O)C=Cc1cccc(N(CC2CCN(c3ccc(N)cc3)CC2)C(=O)C2CCCCC2)c1. The van der Waals surface area contributed by atoms with E-state index in [1.165, 1.54) is 25.3 Å². The number of anilines is 3. The molecular weight excluding hydrogens is 438 g/mol. The number of esters is 1. The summed E-state index contributed by atoms with van der Waals surface area (Å²) in [6.45, 7) is 2.68. The van der Waals surface area contributed by atoms with Crippen molar-refractivity contribution in [1.29, 1.82) is 0 Å². The van der Waals surface area contributed by atoms with Crippen LogP contribution in [0, 0.1) is 11.8 Å². The minimum Gasteiger partial charge on any atom is -0.466 e. The van der Waals surface area contributed by atoms with Crippen LogP contribution >= 0.6 is 0 Å². The van der Waals surface area contributed by atoms with Crippen LogP contribution in [-0.2, 0) is 14.3 Å². The van der Waals surface area contributed by atoms with E-state index in [-0.39, 0.29) is 11.8 Å². The Bertz CT molecular complexity index is 1020. The van der Waals surface area contributed by atoms with Crippen molar-refractivity contribution >= 4 is 35.0 Å². The van der Waals surface area contributed by atoms with Crippen LogP contribution in [0.3, 0.4) is 0 Å². The monoisotopic (exact) mass is 475 g/mol. The molecule has 4 rings (SSSR count). The van der Waals surface area contributed by atoms with Gasteiger partial charge in [0.15, 0.2) is 0 Å². The van der Waals surface area contributed by atoms with Crippen molar-refractivity contribution < 1.29 is 14.3 Å². The molecule has 0 bridgehead atoms. The summed E-state index contributed by atoms with van der Waals surface area (Å²) in [6, 6.07) is 16.0. The van der Waals surface area contributed by atoms with Crippen molar-refractivity contribution in [3.8, 4) is 0 Å². The zero-order valence-corrected chi connectivity index (χ0v) is 20.7. The van der Waals surface area contributed by atoms with Crippen LogP contribution in [0.15, 0.2) is 54.6 Å². The number of ether oxygens (including phenoxy) is 1. The maximum absolute atomic E-state index is 13.7. The molecule has 0 aromatic heterocycles. The van der Waals surface area contributed by atoms with Crippen LogP contribution in [0.25, 0.3) is 6.08 Å². The average molecular weight is 476 g/mol. The summed E-state index contributed by atoms with van der Waals surface area (Å²) in [4.78, 5) is 29.7. The zero-order chi connectivity index (χ0) is 24.6. The molecule has 2 aromatic carbocycles. The Morgan fingerprint density at radius 1 is 1.03 bits per heavy atom. The lowest BCUT2D eigenvalue weighted by atomic mass is 9.87. The summed E-state index contributed by atoms with van der Waals surface area (Å²) in [5.41, 5.74) is 9.63. The van der Waals surface area contributed by atoms with Gasteiger partial charge in [-0.2, -0.15) is 0 Å². The van der Waals surface area contributed by atoms with E-state index in [9.17, 15) is 9.59 Å². The average Bonchev–Trinajstić information content (AvgIpc) is 2.91. The zero-order valence-electron chi connectivity index (χ0n) is 20.7. The van der Waals surface area contributed by atoms with E-state index in [0.29, 0.717) is 5.92 Å². The Kier molecular flexibility index (Phi) is 8.45. The van der Waals surface area contributed by atoms with E-state index >= 15 is 0 Å². The topological polar surface area (TPSA) is 75.9 Å². The molecule has 2 aromatic rings. The number of nitrogen functional groups attached to an aromatic ring is 1. The first kappa shape index (κ1) is 24.8. The van der Waals surface area contributed by atoms with Crippen molar-refractivity contribution in [2.24, 2.45) is 11.8 Å². The molecule has 186 valence electrons. The number of benzene rings is 2. The third-order valence-electron chi connectivity index (χ3n) is 7.33. The fourth-order valence-corrected chi connectivity index (χ4v) is 5.24. The first-order chi connectivity index (χ1) is 17.0. The Labute approximate surface area is 208 Å². The number of carbonyl (C=O) groups excluding carboxylic acids is 2. The van der Waals surface area contributed by atoms with E-state index in [1.54, 1.807) is 6.08 Å². The Morgan fingerprint density at radius 3 is 2.43 bits per heavy atom. The van der Waals surface area contributed by atoms with Gasteiger partial charge in [0.25, 0.3) is 0 Å². The Morgan fingerprint density at radius 2 is 1.74 bits per heavy atom. The summed E-state index contributed by atoms with van der Waals surface area (Å²) >= 11 is 0. The number of nitrogens with zero attached hydrogens (tertiary/aromatic N) is 2. The molecule has 2 fully saturated rings. The molecule has 1 saturated carbocycles. The minimum absolute atomic E-state index is 0.105. The molecule has 2 aliphatic rings. The molecule has 1 aliphatic carbocycles. The second-order valence-electron chi connectivity index (χ2n) is 9.76. The van der Waals surface area contributed by atoms with Crippen LogP contribution in [0.5, 0.6) is 0 Å². The number of amides is 1. The van der Waals surface area contributed by atoms with Gasteiger partial charge >= 0.3 is 5.97 Å². The van der Waals surface area contributed by atoms with E-state index < -0.39 is 5.97 Å². The first-order valence-electron chi connectivity index (χ1n) is 12.8. The highest BCUT2D eigenvalue weighted by molar-refractivity contribution is 5.95. The number of hydrogen-bond acceptors (Lipinski definition) is 5. The second-order valence-corrected chi connectivity index (χ2v) is 9.76. The molecule has 0 atom stereocenters. The molecule has 6 heteroatoms. The number of carbonyl (C=O) groups is 2. The summed E-state index contributed by atoms with van der Waals surface area (Å²) in [5.74, 6) is 0.410. The highest BCUT2D eigenvalue weighted by Crippen LogP contribution is 2.31. The van der Waals surface area contributed by atoms with E-state index in [2.05, 4.69) is 17.0 Å². The third kappa shape index (κ3) is 6.65. The fourth-order valence-electron chi connectivity index (χ4n) is 5.24. The standard InChI is InChI=1S/C29H37N3O3/c1-35-28(33)15-10-22-6-5-9-27(20-22)32(29(34)24-7-3-2-4-8-24)21-23-16-18-31(19-17-23)26-13-11-25(30)12-14-26/h5-6,9-15,20,23-24H,2-4,7-8,16-19,21,30H2,1H3. The van der Waals surface area contributed by atoms with E-state index in [1.807, 2.05) is 41.3 Å². The fraction of sp³-hybridized carbons (Fsp3) is 0.448. The third-order valence-corrected chi connectivity index (χ3v) is 7.33. The van der Waals surface area contributed by atoms with Crippen molar-refractivity contribution in [2.45, 2.75) is 44.9 Å². The highest BCUT2D eigenvalue weighted by atomic mass is 16.5. The van der Waals surface area contributed by atoms with Crippen molar-refractivity contribution in [3.05, 3.63) is 60.2 Å². The molecule has 0 radical (unpaired) electrons. The molecular formula is C29H37N3O3. The maximum atomic E-state index is 13.7. The van der Waals surface area contributed by atoms with E-state index in [0.717, 1.165) is 75.1 Å². The van der Waals surface area contributed by atoms with Crippen LogP contribution in [0.1, 0.15) is 50.5 Å². The van der Waals surface area contributed by atoms with Crippen LogP contribution < -0.4 is 15.5 Å². The Hall–Kier alpha value is -3.28. The number of rotatable bonds is 7. The van der Waals surface area contributed by atoms with Crippen LogP contribution in [0.4, 0.5) is 17.1 Å². The molecule has 6 nitrogen and oxygen atoms in total. The van der Waals surface area contributed by atoms with Crippen LogP contribution in [-0.4, -0.2) is 38.6 Å². The largest absolute Gasteiger partial charge is 0.466 e. The summed E-state index contributed by atoms with van der Waals surface area (Å²) in [6.07, 6.45) is 10.7. The summed E-state index contributed by atoms with van der Waals surface area (Å²) in [7, 11) is 1.37. The lowest BCUT2D eigenvalue weighted by molar-refractivity contribution is -0.134. The number of nitrogens with two attached hydrogens (primary N) is 1. The number of piperidine rings is 1. The smallest absolute Gasteiger partial charge is 0.330 e. The van der Waals surface area contributed by atoms with E-state index in [4.69, 9.17) is 10.5 Å². The van der Waals surface area contributed by atoms with Gasteiger partial charge in [0.1, 0.15) is 0 Å². The van der Waals surface area contributed by atoms with Gasteiger partial charge in [0, 0.05) is 48.7 Å². The van der Waals surface area contributed by atoms with Crippen molar-refractivity contribution in [2.75, 3.05) is 42.3 Å². The number of methoxy groups -OCH3 is 1. The predicted molar refractivity (Wildman–Crippen MR) is 142 cm³/mol. The maximum Gasteiger partial charge on any atom is 0.330 e.